The van der Waals surface area contributed by atoms with E-state index in [1.807, 2.05) is 6.07 Å². The Morgan fingerprint density at radius 1 is 1.31 bits per heavy atom. The summed E-state index contributed by atoms with van der Waals surface area (Å²) >= 11 is 0. The van der Waals surface area contributed by atoms with Gasteiger partial charge in [-0.25, -0.2) is 5.14 Å². The van der Waals surface area contributed by atoms with Crippen LogP contribution in [0.2, 0.25) is 0 Å². The highest BCUT2D eigenvalue weighted by Crippen LogP contribution is 2.25. The molecule has 0 amide bonds. The van der Waals surface area contributed by atoms with Crippen LogP contribution < -0.4 is 19.3 Å². The van der Waals surface area contributed by atoms with Crippen LogP contribution in [0.3, 0.4) is 0 Å². The fourth-order valence-electron chi connectivity index (χ4n) is 1.08. The molecule has 0 bridgehead atoms. The zero-order valence-corrected chi connectivity index (χ0v) is 9.66. The maximum absolute atomic E-state index is 10.6. The van der Waals surface area contributed by atoms with Crippen LogP contribution in [0, 0.1) is 0 Å². The molecule has 0 aromatic heterocycles. The number of rotatable bonds is 6. The van der Waals surface area contributed by atoms with Crippen LogP contribution >= 0.6 is 0 Å². The van der Waals surface area contributed by atoms with Gasteiger partial charge in [-0.2, -0.15) is 13.1 Å². The number of hydrogen-bond donors (Lipinski definition) is 2. The summed E-state index contributed by atoms with van der Waals surface area (Å²) in [5.41, 5.74) is 0. The fraction of sp³-hybridized carbons (Fsp3) is 0.333. The molecular weight excluding hydrogens is 232 g/mol. The Balaban J connectivity index is 2.43. The Morgan fingerprint density at radius 2 is 1.94 bits per heavy atom. The molecule has 0 fully saturated rings. The van der Waals surface area contributed by atoms with Gasteiger partial charge < -0.3 is 9.47 Å². The molecule has 90 valence electrons. The van der Waals surface area contributed by atoms with Crippen molar-refractivity contribution in [1.29, 1.82) is 0 Å². The molecule has 1 rings (SSSR count). The van der Waals surface area contributed by atoms with Gasteiger partial charge in [-0.05, 0) is 12.1 Å². The second-order valence-corrected chi connectivity index (χ2v) is 4.32. The van der Waals surface area contributed by atoms with E-state index in [-0.39, 0.29) is 13.2 Å². The lowest BCUT2D eigenvalue weighted by molar-refractivity contribution is 0.299. The van der Waals surface area contributed by atoms with E-state index in [1.165, 1.54) is 7.11 Å². The van der Waals surface area contributed by atoms with Crippen molar-refractivity contribution >= 4 is 10.2 Å². The summed E-state index contributed by atoms with van der Waals surface area (Å²) in [5, 5.41) is 4.75. The van der Waals surface area contributed by atoms with Crippen molar-refractivity contribution in [3.05, 3.63) is 24.3 Å². The van der Waals surface area contributed by atoms with E-state index >= 15 is 0 Å². The van der Waals surface area contributed by atoms with Crippen molar-refractivity contribution in [2.24, 2.45) is 5.14 Å². The monoisotopic (exact) mass is 246 g/mol. The van der Waals surface area contributed by atoms with Crippen molar-refractivity contribution < 1.29 is 17.9 Å². The minimum Gasteiger partial charge on any atom is -0.493 e. The summed E-state index contributed by atoms with van der Waals surface area (Å²) in [7, 11) is -2.12. The van der Waals surface area contributed by atoms with Crippen LogP contribution in [0.1, 0.15) is 0 Å². The van der Waals surface area contributed by atoms with Gasteiger partial charge >= 0.3 is 0 Å². The lowest BCUT2D eigenvalue weighted by Gasteiger charge is -2.09. The predicted octanol–water partition coefficient (Wildman–Crippen LogP) is -0.133. The van der Waals surface area contributed by atoms with Gasteiger partial charge in [0.15, 0.2) is 11.5 Å². The number of hydrogen-bond acceptors (Lipinski definition) is 4. The maximum Gasteiger partial charge on any atom is 0.274 e. The smallest absolute Gasteiger partial charge is 0.274 e. The molecule has 0 heterocycles. The first kappa shape index (κ1) is 12.8. The normalized spacial score (nSPS) is 11.1. The lowest BCUT2D eigenvalue weighted by atomic mass is 10.3. The van der Waals surface area contributed by atoms with E-state index in [0.29, 0.717) is 11.5 Å². The van der Waals surface area contributed by atoms with Crippen LogP contribution in [0.5, 0.6) is 11.5 Å². The highest BCUT2D eigenvalue weighted by molar-refractivity contribution is 7.87. The van der Waals surface area contributed by atoms with E-state index in [1.54, 1.807) is 18.2 Å². The number of methoxy groups -OCH3 is 1. The van der Waals surface area contributed by atoms with Crippen molar-refractivity contribution in [3.63, 3.8) is 0 Å². The lowest BCUT2D eigenvalue weighted by Crippen LogP contribution is -2.33. The average molecular weight is 246 g/mol. The number of nitrogens with one attached hydrogen (secondary N) is 1. The van der Waals surface area contributed by atoms with Crippen LogP contribution in [-0.4, -0.2) is 28.7 Å². The molecule has 0 saturated carbocycles. The Hall–Kier alpha value is -1.31. The largest absolute Gasteiger partial charge is 0.493 e. The molecule has 0 radical (unpaired) electrons. The Bertz CT molecular complexity index is 433. The molecule has 3 N–H and O–H groups in total. The van der Waals surface area contributed by atoms with Crippen molar-refractivity contribution in [2.75, 3.05) is 20.3 Å². The molecule has 16 heavy (non-hydrogen) atoms. The molecule has 0 aliphatic heterocycles. The van der Waals surface area contributed by atoms with Gasteiger partial charge in [-0.1, -0.05) is 12.1 Å². The molecule has 0 aliphatic rings. The van der Waals surface area contributed by atoms with Gasteiger partial charge in [0.2, 0.25) is 0 Å². The average Bonchev–Trinajstić information content (AvgIpc) is 2.23. The second-order valence-electron chi connectivity index (χ2n) is 2.94. The summed E-state index contributed by atoms with van der Waals surface area (Å²) in [5.74, 6) is 1.15. The third-order valence-corrected chi connectivity index (χ3v) is 2.34. The van der Waals surface area contributed by atoms with E-state index in [4.69, 9.17) is 14.6 Å². The van der Waals surface area contributed by atoms with Crippen molar-refractivity contribution in [3.8, 4) is 11.5 Å². The molecule has 1 aromatic rings. The molecule has 6 nitrogen and oxygen atoms in total. The molecule has 1 aromatic carbocycles. The Labute approximate surface area is 94.5 Å². The van der Waals surface area contributed by atoms with E-state index in [2.05, 4.69) is 4.72 Å². The third kappa shape index (κ3) is 4.47. The first-order valence-electron chi connectivity index (χ1n) is 4.56. The zero-order chi connectivity index (χ0) is 12.0. The predicted molar refractivity (Wildman–Crippen MR) is 59.6 cm³/mol. The van der Waals surface area contributed by atoms with Crippen LogP contribution in [-0.2, 0) is 10.2 Å². The number of para-hydroxylation sites is 2. The highest BCUT2D eigenvalue weighted by Gasteiger charge is 2.03. The second kappa shape index (κ2) is 5.69. The number of nitrogens with two attached hydrogens (primary N) is 1. The summed E-state index contributed by atoms with van der Waals surface area (Å²) in [4.78, 5) is 0. The molecule has 7 heteroatoms. The quantitative estimate of drug-likeness (QED) is 0.684. The Morgan fingerprint density at radius 3 is 2.50 bits per heavy atom. The molecular formula is C9H14N2O4S. The van der Waals surface area contributed by atoms with E-state index in [9.17, 15) is 8.42 Å². The molecule has 0 spiro atoms. The van der Waals surface area contributed by atoms with Gasteiger partial charge in [0.05, 0.1) is 7.11 Å². The number of benzene rings is 1. The Kier molecular flexibility index (Phi) is 4.53. The van der Waals surface area contributed by atoms with Crippen molar-refractivity contribution in [1.82, 2.24) is 4.72 Å². The van der Waals surface area contributed by atoms with Gasteiger partial charge in [0, 0.05) is 6.54 Å². The topological polar surface area (TPSA) is 90.7 Å². The third-order valence-electron chi connectivity index (χ3n) is 1.73. The maximum atomic E-state index is 10.6. The van der Waals surface area contributed by atoms with Gasteiger partial charge in [-0.3, -0.25) is 0 Å². The first-order chi connectivity index (χ1) is 7.53. The van der Waals surface area contributed by atoms with Crippen LogP contribution in [0.15, 0.2) is 24.3 Å². The molecule has 0 atom stereocenters. The van der Waals surface area contributed by atoms with Gasteiger partial charge in [0.1, 0.15) is 6.61 Å². The van der Waals surface area contributed by atoms with Crippen LogP contribution in [0.25, 0.3) is 0 Å². The first-order valence-corrected chi connectivity index (χ1v) is 6.11. The SMILES string of the molecule is COc1ccccc1OCCNS(N)(=O)=O. The summed E-state index contributed by atoms with van der Waals surface area (Å²) in [6.45, 7) is 0.285. The summed E-state index contributed by atoms with van der Waals surface area (Å²) in [6, 6.07) is 7.09. The van der Waals surface area contributed by atoms with E-state index < -0.39 is 10.2 Å². The fourth-order valence-corrected chi connectivity index (χ4v) is 1.45. The zero-order valence-electron chi connectivity index (χ0n) is 8.84. The minimum absolute atomic E-state index is 0.108. The summed E-state index contributed by atoms with van der Waals surface area (Å²) < 4.78 is 33.6. The standard InChI is InChI=1S/C9H14N2O4S/c1-14-8-4-2-3-5-9(8)15-7-6-11-16(10,12)13/h2-5,11H,6-7H2,1H3,(H2,10,12,13). The molecule has 0 saturated heterocycles. The van der Waals surface area contributed by atoms with E-state index in [0.717, 1.165) is 0 Å². The van der Waals surface area contributed by atoms with Gasteiger partial charge in [-0.15, -0.1) is 0 Å². The molecule has 0 aliphatic carbocycles. The highest BCUT2D eigenvalue weighted by atomic mass is 32.2. The summed E-state index contributed by atoms with van der Waals surface area (Å²) in [6.07, 6.45) is 0. The van der Waals surface area contributed by atoms with Crippen LogP contribution in [0.4, 0.5) is 0 Å². The minimum atomic E-state index is -3.66. The van der Waals surface area contributed by atoms with Crippen molar-refractivity contribution in [2.45, 2.75) is 0 Å². The number of ether oxygens (including phenoxy) is 2. The van der Waals surface area contributed by atoms with Gasteiger partial charge in [0.25, 0.3) is 10.2 Å². The molecule has 0 unspecified atom stereocenters.